The van der Waals surface area contributed by atoms with Gasteiger partial charge < -0.3 is 10.1 Å². The Morgan fingerprint density at radius 3 is 2.46 bits per heavy atom. The maximum atomic E-state index is 12.8. The van der Waals surface area contributed by atoms with Crippen LogP contribution in [0.15, 0.2) is 76.1 Å². The fourth-order valence-corrected chi connectivity index (χ4v) is 5.24. The lowest BCUT2D eigenvalue weighted by atomic mass is 10.2. The summed E-state index contributed by atoms with van der Waals surface area (Å²) in [5.41, 5.74) is 1.98. The first kappa shape index (κ1) is 25.3. The zero-order chi connectivity index (χ0) is 24.9. The highest BCUT2D eigenvalue weighted by Crippen LogP contribution is 2.38. The van der Waals surface area contributed by atoms with Crippen LogP contribution in [-0.2, 0) is 16.2 Å². The number of hydrogen-bond donors (Lipinski definition) is 1. The smallest absolute Gasteiger partial charge is 0.294 e. The van der Waals surface area contributed by atoms with Gasteiger partial charge in [-0.1, -0.05) is 59.6 Å². The van der Waals surface area contributed by atoms with Gasteiger partial charge in [0.1, 0.15) is 13.2 Å². The highest BCUT2D eigenvalue weighted by Gasteiger charge is 2.36. The number of halogens is 3. The highest BCUT2D eigenvalue weighted by atomic mass is 79.9. The van der Waals surface area contributed by atoms with Gasteiger partial charge in [0.25, 0.3) is 11.1 Å². The number of rotatable bonds is 7. The molecule has 10 heteroatoms. The van der Waals surface area contributed by atoms with E-state index in [4.69, 9.17) is 27.9 Å². The third kappa shape index (κ3) is 6.27. The molecule has 3 aromatic rings. The number of benzene rings is 3. The average molecular weight is 592 g/mol. The topological polar surface area (TPSA) is 75.7 Å². The molecule has 0 aromatic heterocycles. The number of carbonyl (C=O) groups is 3. The number of nitrogens with one attached hydrogen (secondary N) is 1. The van der Waals surface area contributed by atoms with Crippen molar-refractivity contribution in [3.8, 4) is 5.75 Å². The molecular weight excluding hydrogens is 575 g/mol. The lowest BCUT2D eigenvalue weighted by molar-refractivity contribution is -0.127. The minimum atomic E-state index is -0.547. The van der Waals surface area contributed by atoms with Crippen molar-refractivity contribution < 1.29 is 19.1 Å². The van der Waals surface area contributed by atoms with Gasteiger partial charge in [-0.25, -0.2) is 0 Å². The second-order valence-electron chi connectivity index (χ2n) is 7.38. The minimum Gasteiger partial charge on any atom is -0.486 e. The van der Waals surface area contributed by atoms with Crippen molar-refractivity contribution in [2.24, 2.45) is 0 Å². The second-order valence-corrected chi connectivity index (χ2v) is 10.0. The molecule has 1 saturated heterocycles. The quantitative estimate of drug-likeness (QED) is 0.299. The van der Waals surface area contributed by atoms with Crippen molar-refractivity contribution in [2.75, 3.05) is 11.9 Å². The average Bonchev–Trinajstić information content (AvgIpc) is 3.07. The monoisotopic (exact) mass is 590 g/mol. The van der Waals surface area contributed by atoms with E-state index < -0.39 is 17.1 Å². The van der Waals surface area contributed by atoms with Gasteiger partial charge in [0.05, 0.1) is 14.4 Å². The molecule has 1 aliphatic rings. The van der Waals surface area contributed by atoms with Gasteiger partial charge >= 0.3 is 0 Å². The van der Waals surface area contributed by atoms with E-state index in [0.29, 0.717) is 31.5 Å². The number of thioether (sulfide) groups is 1. The molecule has 1 N–H and O–H groups in total. The molecule has 0 saturated carbocycles. The molecule has 3 aromatic carbocycles. The summed E-state index contributed by atoms with van der Waals surface area (Å²) in [6.07, 6.45) is 1.55. The molecule has 0 spiro atoms. The number of nitrogens with zero attached hydrogens (tertiary/aromatic N) is 1. The van der Waals surface area contributed by atoms with Crippen LogP contribution in [0.4, 0.5) is 10.5 Å². The molecule has 1 aliphatic heterocycles. The van der Waals surface area contributed by atoms with E-state index in [0.717, 1.165) is 22.2 Å². The first-order chi connectivity index (χ1) is 16.8. The van der Waals surface area contributed by atoms with Crippen molar-refractivity contribution in [3.63, 3.8) is 0 Å². The molecule has 6 nitrogen and oxygen atoms in total. The molecule has 0 unspecified atom stereocenters. The normalized spacial score (nSPS) is 14.5. The SMILES string of the molecule is O=C(CN1C(=O)S/C(=C\c2cc(Cl)c(OCc3ccccc3Cl)c(Br)c2)C1=O)Nc1ccccc1. The Labute approximate surface area is 224 Å². The Morgan fingerprint density at radius 1 is 1.03 bits per heavy atom. The molecule has 1 heterocycles. The van der Waals surface area contributed by atoms with Crippen molar-refractivity contribution in [2.45, 2.75) is 6.61 Å². The molecule has 0 atom stereocenters. The van der Waals surface area contributed by atoms with Crippen LogP contribution in [0.1, 0.15) is 11.1 Å². The van der Waals surface area contributed by atoms with Crippen LogP contribution >= 0.6 is 50.9 Å². The van der Waals surface area contributed by atoms with Crippen LogP contribution in [0.25, 0.3) is 6.08 Å². The summed E-state index contributed by atoms with van der Waals surface area (Å²) in [5.74, 6) is -0.588. The number of anilines is 1. The van der Waals surface area contributed by atoms with Gasteiger partial charge in [0.15, 0.2) is 5.75 Å². The fourth-order valence-electron chi connectivity index (χ4n) is 3.22. The van der Waals surface area contributed by atoms with Crippen molar-refractivity contribution in [1.82, 2.24) is 4.90 Å². The molecule has 0 radical (unpaired) electrons. The summed E-state index contributed by atoms with van der Waals surface area (Å²) in [6, 6.07) is 19.5. The van der Waals surface area contributed by atoms with Crippen molar-refractivity contribution >= 4 is 79.7 Å². The summed E-state index contributed by atoms with van der Waals surface area (Å²) in [4.78, 5) is 38.6. The van der Waals surface area contributed by atoms with E-state index in [-0.39, 0.29) is 18.1 Å². The summed E-state index contributed by atoms with van der Waals surface area (Å²) in [7, 11) is 0. The predicted molar refractivity (Wildman–Crippen MR) is 143 cm³/mol. The maximum absolute atomic E-state index is 12.8. The standard InChI is InChI=1S/C25H17BrCl2N2O4S/c26-18-10-15(11-20(28)23(18)34-14-16-6-4-5-9-19(16)27)12-21-24(32)30(25(33)35-21)13-22(31)29-17-7-2-1-3-8-17/h1-12H,13-14H2,(H,29,31)/b21-12-. The molecule has 3 amide bonds. The van der Waals surface area contributed by atoms with E-state index in [2.05, 4.69) is 21.2 Å². The summed E-state index contributed by atoms with van der Waals surface area (Å²) >= 11 is 16.8. The van der Waals surface area contributed by atoms with Crippen molar-refractivity contribution in [3.05, 3.63) is 97.3 Å². The first-order valence-electron chi connectivity index (χ1n) is 10.3. The van der Waals surface area contributed by atoms with Crippen LogP contribution in [0.2, 0.25) is 10.0 Å². The van der Waals surface area contributed by atoms with E-state index in [1.54, 1.807) is 48.5 Å². The molecular formula is C25H17BrCl2N2O4S. The number of amides is 3. The van der Waals surface area contributed by atoms with Gasteiger partial charge in [-0.05, 0) is 69.7 Å². The Bertz CT molecular complexity index is 1310. The third-order valence-corrected chi connectivity index (χ3v) is 7.03. The van der Waals surface area contributed by atoms with Gasteiger partial charge in [-0.2, -0.15) is 0 Å². The van der Waals surface area contributed by atoms with Gasteiger partial charge in [0.2, 0.25) is 5.91 Å². The van der Waals surface area contributed by atoms with Gasteiger partial charge in [0, 0.05) is 16.3 Å². The van der Waals surface area contributed by atoms with Crippen LogP contribution in [0.5, 0.6) is 5.75 Å². The molecule has 35 heavy (non-hydrogen) atoms. The number of hydrogen-bond acceptors (Lipinski definition) is 5. The lowest BCUT2D eigenvalue weighted by Gasteiger charge is -2.13. The fraction of sp³-hybridized carbons (Fsp3) is 0.0800. The highest BCUT2D eigenvalue weighted by molar-refractivity contribution is 9.10. The van der Waals surface area contributed by atoms with E-state index in [1.165, 1.54) is 0 Å². The largest absolute Gasteiger partial charge is 0.486 e. The van der Waals surface area contributed by atoms with E-state index in [9.17, 15) is 14.4 Å². The molecule has 0 aliphatic carbocycles. The van der Waals surface area contributed by atoms with Crippen LogP contribution in [-0.4, -0.2) is 28.5 Å². The number of carbonyl (C=O) groups excluding carboxylic acids is 3. The van der Waals surface area contributed by atoms with Crippen LogP contribution < -0.4 is 10.1 Å². The minimum absolute atomic E-state index is 0.190. The van der Waals surface area contributed by atoms with E-state index in [1.807, 2.05) is 24.3 Å². The summed E-state index contributed by atoms with van der Waals surface area (Å²) < 4.78 is 6.42. The zero-order valence-electron chi connectivity index (χ0n) is 18.0. The molecule has 4 rings (SSSR count). The molecule has 0 bridgehead atoms. The second kappa shape index (κ2) is 11.3. The maximum Gasteiger partial charge on any atom is 0.294 e. The predicted octanol–water partition coefficient (Wildman–Crippen LogP) is 7.01. The summed E-state index contributed by atoms with van der Waals surface area (Å²) in [5, 5.41) is 3.05. The van der Waals surface area contributed by atoms with Gasteiger partial charge in [-0.3, -0.25) is 19.3 Å². The van der Waals surface area contributed by atoms with Crippen LogP contribution in [0, 0.1) is 0 Å². The number of para-hydroxylation sites is 1. The number of ether oxygens (including phenoxy) is 1. The number of imide groups is 1. The zero-order valence-corrected chi connectivity index (χ0v) is 21.9. The summed E-state index contributed by atoms with van der Waals surface area (Å²) in [6.45, 7) is -0.155. The Hall–Kier alpha value is -2.78. The Morgan fingerprint density at radius 2 is 1.74 bits per heavy atom. The van der Waals surface area contributed by atoms with Crippen LogP contribution in [0.3, 0.4) is 0 Å². The Kier molecular flexibility index (Phi) is 8.18. The molecule has 1 fully saturated rings. The first-order valence-corrected chi connectivity index (χ1v) is 12.6. The Balaban J connectivity index is 1.45. The van der Waals surface area contributed by atoms with Crippen molar-refractivity contribution in [1.29, 1.82) is 0 Å². The van der Waals surface area contributed by atoms with Gasteiger partial charge in [-0.15, -0.1) is 0 Å². The van der Waals surface area contributed by atoms with E-state index >= 15 is 0 Å². The molecule has 178 valence electrons. The lowest BCUT2D eigenvalue weighted by Crippen LogP contribution is -2.36. The third-order valence-electron chi connectivity index (χ3n) is 4.88.